The molecule has 8 nitrogen and oxygen atoms in total. The van der Waals surface area contributed by atoms with Crippen LogP contribution in [0, 0.1) is 12.7 Å². The molecule has 0 aliphatic rings. The zero-order valence-corrected chi connectivity index (χ0v) is 17.4. The number of hydrogen-bond acceptors (Lipinski definition) is 7. The van der Waals surface area contributed by atoms with Gasteiger partial charge in [0, 0.05) is 12.8 Å². The minimum atomic E-state index is -0.879. The Morgan fingerprint density at radius 2 is 1.97 bits per heavy atom. The number of nitrogens with zero attached hydrogens (tertiary/aromatic N) is 2. The molecular formula is C20H20FN3O5S. The quantitative estimate of drug-likeness (QED) is 0.454. The van der Waals surface area contributed by atoms with Gasteiger partial charge in [-0.15, -0.1) is 11.3 Å². The number of aromatic nitrogens is 2. The molecule has 0 bridgehead atoms. The third-order valence-corrected chi connectivity index (χ3v) is 5.67. The first-order valence-corrected chi connectivity index (χ1v) is 9.88. The van der Waals surface area contributed by atoms with E-state index in [1.807, 2.05) is 0 Å². The summed E-state index contributed by atoms with van der Waals surface area (Å²) in [7, 11) is 1.50. The number of methoxy groups -OCH3 is 1. The molecule has 1 N–H and O–H groups in total. The Balaban J connectivity index is 1.87. The third-order valence-electron chi connectivity index (χ3n) is 4.49. The highest BCUT2D eigenvalue weighted by atomic mass is 32.1. The van der Waals surface area contributed by atoms with E-state index in [9.17, 15) is 18.8 Å². The van der Waals surface area contributed by atoms with Crippen LogP contribution in [0.25, 0.3) is 10.2 Å². The lowest BCUT2D eigenvalue weighted by Gasteiger charge is -2.15. The number of nitrogens with one attached hydrogen (secondary N) is 1. The molecule has 0 radical (unpaired) electrons. The number of ether oxygens (including phenoxy) is 2. The van der Waals surface area contributed by atoms with Crippen molar-refractivity contribution in [1.29, 1.82) is 0 Å². The third kappa shape index (κ3) is 4.39. The monoisotopic (exact) mass is 433 g/mol. The maximum Gasteiger partial charge on any atom is 0.348 e. The molecule has 0 aliphatic heterocycles. The summed E-state index contributed by atoms with van der Waals surface area (Å²) in [6.45, 7) is 3.56. The van der Waals surface area contributed by atoms with Crippen molar-refractivity contribution in [3.05, 3.63) is 57.2 Å². The molecule has 2 heterocycles. The molecular weight excluding hydrogens is 413 g/mol. The molecule has 158 valence electrons. The molecule has 3 rings (SSSR count). The van der Waals surface area contributed by atoms with E-state index < -0.39 is 29.3 Å². The van der Waals surface area contributed by atoms with Crippen LogP contribution in [-0.2, 0) is 14.3 Å². The van der Waals surface area contributed by atoms with Crippen molar-refractivity contribution in [2.75, 3.05) is 25.6 Å². The molecule has 2 aromatic heterocycles. The maximum absolute atomic E-state index is 13.0. The van der Waals surface area contributed by atoms with Crippen LogP contribution in [0.1, 0.15) is 28.2 Å². The van der Waals surface area contributed by atoms with E-state index in [1.165, 1.54) is 42.3 Å². The predicted molar refractivity (Wildman–Crippen MR) is 111 cm³/mol. The molecule has 0 aliphatic carbocycles. The van der Waals surface area contributed by atoms with Crippen LogP contribution < -0.4 is 10.9 Å². The predicted octanol–water partition coefficient (Wildman–Crippen LogP) is 2.91. The molecule has 0 saturated carbocycles. The molecule has 0 unspecified atom stereocenters. The van der Waals surface area contributed by atoms with E-state index in [4.69, 9.17) is 9.47 Å². The van der Waals surface area contributed by atoms with Crippen molar-refractivity contribution >= 4 is 39.1 Å². The van der Waals surface area contributed by atoms with E-state index in [0.29, 0.717) is 16.1 Å². The standard InChI is InChI=1S/C20H20FN3O5S/c1-11-15-18(30-16(11)20(27)29-9-8-28-3)22-10-24(19(15)26)12(2)17(25)23-14-6-4-13(21)5-7-14/h4-7,10,12H,8-9H2,1-3H3,(H,23,25)/t12-/m1/s1. The van der Waals surface area contributed by atoms with Crippen molar-refractivity contribution in [3.8, 4) is 0 Å². The number of thiophene rings is 1. The van der Waals surface area contributed by atoms with Gasteiger partial charge in [0.1, 0.15) is 28.2 Å². The van der Waals surface area contributed by atoms with E-state index in [2.05, 4.69) is 10.3 Å². The molecule has 3 aromatic rings. The van der Waals surface area contributed by atoms with Crippen LogP contribution in [0.4, 0.5) is 10.1 Å². The molecule has 0 saturated heterocycles. The van der Waals surface area contributed by atoms with Crippen LogP contribution in [-0.4, -0.2) is 41.8 Å². The Morgan fingerprint density at radius 1 is 1.27 bits per heavy atom. The smallest absolute Gasteiger partial charge is 0.348 e. The highest BCUT2D eigenvalue weighted by Gasteiger charge is 2.23. The summed E-state index contributed by atoms with van der Waals surface area (Å²) in [4.78, 5) is 42.8. The summed E-state index contributed by atoms with van der Waals surface area (Å²) in [6, 6.07) is 4.42. The van der Waals surface area contributed by atoms with Gasteiger partial charge in [-0.3, -0.25) is 14.2 Å². The van der Waals surface area contributed by atoms with Crippen molar-refractivity contribution in [2.45, 2.75) is 19.9 Å². The fourth-order valence-corrected chi connectivity index (χ4v) is 3.83. The molecule has 30 heavy (non-hydrogen) atoms. The largest absolute Gasteiger partial charge is 0.459 e. The SMILES string of the molecule is COCCOC(=O)c1sc2ncn([C@H](C)C(=O)Nc3ccc(F)cc3)c(=O)c2c1C. The molecule has 0 spiro atoms. The first-order chi connectivity index (χ1) is 14.3. The number of carbonyl (C=O) groups excluding carboxylic acids is 2. The van der Waals surface area contributed by atoms with Crippen molar-refractivity contribution in [1.82, 2.24) is 9.55 Å². The lowest BCUT2D eigenvalue weighted by Crippen LogP contribution is -2.31. The summed E-state index contributed by atoms with van der Waals surface area (Å²) in [5.74, 6) is -1.44. The van der Waals surface area contributed by atoms with E-state index in [-0.39, 0.29) is 23.5 Å². The first-order valence-electron chi connectivity index (χ1n) is 9.06. The fourth-order valence-electron chi connectivity index (χ4n) is 2.80. The first kappa shape index (κ1) is 21.6. The number of esters is 1. The van der Waals surface area contributed by atoms with Crippen molar-refractivity contribution in [2.24, 2.45) is 0 Å². The number of aryl methyl sites for hydroxylation is 1. The average Bonchev–Trinajstić information content (AvgIpc) is 3.07. The minimum absolute atomic E-state index is 0.0985. The Hall–Kier alpha value is -3.11. The number of carbonyl (C=O) groups is 2. The Labute approximate surface area is 175 Å². The molecule has 1 aromatic carbocycles. The Bertz CT molecular complexity index is 1140. The normalized spacial score (nSPS) is 12.0. The van der Waals surface area contributed by atoms with E-state index in [1.54, 1.807) is 13.8 Å². The number of anilines is 1. The van der Waals surface area contributed by atoms with Gasteiger partial charge in [-0.1, -0.05) is 0 Å². The van der Waals surface area contributed by atoms with Gasteiger partial charge in [-0.2, -0.15) is 0 Å². The summed E-state index contributed by atoms with van der Waals surface area (Å²) in [5.41, 5.74) is 0.421. The van der Waals surface area contributed by atoms with Gasteiger partial charge in [-0.05, 0) is 43.7 Å². The number of rotatable bonds is 7. The zero-order valence-electron chi connectivity index (χ0n) is 16.6. The van der Waals surface area contributed by atoms with Crippen LogP contribution in [0.15, 0.2) is 35.4 Å². The summed E-state index contributed by atoms with van der Waals surface area (Å²) in [6.07, 6.45) is 1.27. The van der Waals surface area contributed by atoms with E-state index >= 15 is 0 Å². The highest BCUT2D eigenvalue weighted by Crippen LogP contribution is 2.28. The molecule has 1 amide bonds. The van der Waals surface area contributed by atoms with Crippen LogP contribution in [0.3, 0.4) is 0 Å². The van der Waals surface area contributed by atoms with Crippen LogP contribution in [0.5, 0.6) is 0 Å². The van der Waals surface area contributed by atoms with Gasteiger partial charge in [0.05, 0.1) is 18.3 Å². The topological polar surface area (TPSA) is 99.5 Å². The number of fused-ring (bicyclic) bond motifs is 1. The van der Waals surface area contributed by atoms with Gasteiger partial charge < -0.3 is 14.8 Å². The number of benzene rings is 1. The lowest BCUT2D eigenvalue weighted by atomic mass is 10.2. The Morgan fingerprint density at radius 3 is 2.63 bits per heavy atom. The van der Waals surface area contributed by atoms with Crippen LogP contribution >= 0.6 is 11.3 Å². The molecule has 10 heteroatoms. The highest BCUT2D eigenvalue weighted by molar-refractivity contribution is 7.20. The second-order valence-electron chi connectivity index (χ2n) is 6.49. The zero-order chi connectivity index (χ0) is 21.8. The number of hydrogen-bond donors (Lipinski definition) is 1. The number of amides is 1. The molecule has 1 atom stereocenters. The van der Waals surface area contributed by atoms with Crippen molar-refractivity contribution in [3.63, 3.8) is 0 Å². The van der Waals surface area contributed by atoms with Crippen molar-refractivity contribution < 1.29 is 23.5 Å². The summed E-state index contributed by atoms with van der Waals surface area (Å²) >= 11 is 1.06. The van der Waals surface area contributed by atoms with Gasteiger partial charge in [0.25, 0.3) is 5.56 Å². The van der Waals surface area contributed by atoms with Gasteiger partial charge in [0.2, 0.25) is 5.91 Å². The average molecular weight is 433 g/mol. The molecule has 0 fully saturated rings. The second-order valence-corrected chi connectivity index (χ2v) is 7.49. The summed E-state index contributed by atoms with van der Waals surface area (Å²) < 4.78 is 24.2. The maximum atomic E-state index is 13.0. The second kappa shape index (κ2) is 9.14. The lowest BCUT2D eigenvalue weighted by molar-refractivity contribution is -0.118. The Kier molecular flexibility index (Phi) is 6.58. The fraction of sp³-hybridized carbons (Fsp3) is 0.300. The minimum Gasteiger partial charge on any atom is -0.459 e. The van der Waals surface area contributed by atoms with Gasteiger partial charge >= 0.3 is 5.97 Å². The van der Waals surface area contributed by atoms with Crippen LogP contribution in [0.2, 0.25) is 0 Å². The van der Waals surface area contributed by atoms with Gasteiger partial charge in [0.15, 0.2) is 0 Å². The number of halogens is 1. The summed E-state index contributed by atoms with van der Waals surface area (Å²) in [5, 5.41) is 2.90. The van der Waals surface area contributed by atoms with Gasteiger partial charge in [-0.25, -0.2) is 14.2 Å². The van der Waals surface area contributed by atoms with E-state index in [0.717, 1.165) is 11.3 Å².